The third-order valence-corrected chi connectivity index (χ3v) is 3.80. The van der Waals surface area contributed by atoms with E-state index in [9.17, 15) is 0 Å². The first-order valence-electron chi connectivity index (χ1n) is 5.79. The minimum Gasteiger partial charge on any atom is -0.377 e. The van der Waals surface area contributed by atoms with Gasteiger partial charge in [0, 0.05) is 13.2 Å². The van der Waals surface area contributed by atoms with Crippen LogP contribution in [0.2, 0.25) is 5.15 Å². The Morgan fingerprint density at radius 3 is 3.28 bits per heavy atom. The van der Waals surface area contributed by atoms with E-state index in [1.54, 1.807) is 0 Å². The number of aromatic nitrogens is 1. The molecule has 1 aliphatic heterocycles. The number of rotatable bonds is 6. The lowest BCUT2D eigenvalue weighted by atomic mass is 10.2. The van der Waals surface area contributed by atoms with Gasteiger partial charge in [0.1, 0.15) is 16.6 Å². The highest BCUT2D eigenvalue weighted by Crippen LogP contribution is 2.27. The van der Waals surface area contributed by atoms with Gasteiger partial charge in [0.2, 0.25) is 0 Å². The fourth-order valence-corrected chi connectivity index (χ4v) is 2.67. The van der Waals surface area contributed by atoms with Crippen molar-refractivity contribution in [3.63, 3.8) is 0 Å². The van der Waals surface area contributed by atoms with Crippen molar-refractivity contribution in [3.05, 3.63) is 10.7 Å². The molecule has 2 heterocycles. The highest BCUT2D eigenvalue weighted by Gasteiger charge is 2.15. The van der Waals surface area contributed by atoms with Crippen LogP contribution in [0.1, 0.15) is 18.4 Å². The Morgan fingerprint density at radius 2 is 2.56 bits per heavy atom. The second kappa shape index (κ2) is 6.90. The first-order chi connectivity index (χ1) is 8.81. The summed E-state index contributed by atoms with van der Waals surface area (Å²) in [5.74, 6) is 0. The summed E-state index contributed by atoms with van der Waals surface area (Å²) in [6.07, 6.45) is 2.45. The molecule has 0 aromatic carbocycles. The van der Waals surface area contributed by atoms with Gasteiger partial charge >= 0.3 is 0 Å². The Kier molecular flexibility index (Phi) is 5.20. The molecule has 1 fully saturated rings. The van der Waals surface area contributed by atoms with Crippen molar-refractivity contribution < 1.29 is 9.47 Å². The lowest BCUT2D eigenvalue weighted by molar-refractivity contribution is 0.0206. The third-order valence-electron chi connectivity index (χ3n) is 2.62. The van der Waals surface area contributed by atoms with E-state index in [0.717, 1.165) is 19.4 Å². The molecule has 0 radical (unpaired) electrons. The van der Waals surface area contributed by atoms with Gasteiger partial charge in [-0.15, -0.1) is 0 Å². The maximum atomic E-state index is 8.88. The number of ether oxygens (including phenoxy) is 2. The van der Waals surface area contributed by atoms with Crippen molar-refractivity contribution in [3.8, 4) is 6.07 Å². The molecule has 1 unspecified atom stereocenters. The van der Waals surface area contributed by atoms with Crippen LogP contribution in [0, 0.1) is 11.3 Å². The highest BCUT2D eigenvalue weighted by molar-refractivity contribution is 7.10. The Hall–Kier alpha value is -0.870. The SMILES string of the molecule is N#Cc1c(Cl)nsc1NCCOCC1CCCO1. The minimum absolute atomic E-state index is 0.248. The summed E-state index contributed by atoms with van der Waals surface area (Å²) in [5.41, 5.74) is 0.404. The van der Waals surface area contributed by atoms with Crippen LogP contribution in [0.25, 0.3) is 0 Å². The van der Waals surface area contributed by atoms with Crippen LogP contribution < -0.4 is 5.32 Å². The molecule has 0 amide bonds. The lowest BCUT2D eigenvalue weighted by Crippen LogP contribution is -2.17. The molecule has 1 N–H and O–H groups in total. The fourth-order valence-electron chi connectivity index (χ4n) is 1.72. The molecule has 1 saturated heterocycles. The molecule has 18 heavy (non-hydrogen) atoms. The van der Waals surface area contributed by atoms with Gasteiger partial charge in [0.15, 0.2) is 5.15 Å². The first kappa shape index (κ1) is 13.6. The predicted molar refractivity (Wildman–Crippen MR) is 70.1 cm³/mol. The van der Waals surface area contributed by atoms with Crippen molar-refractivity contribution in [2.75, 3.05) is 31.7 Å². The summed E-state index contributed by atoms with van der Waals surface area (Å²) in [4.78, 5) is 0. The average Bonchev–Trinajstić information content (AvgIpc) is 2.99. The topological polar surface area (TPSA) is 67.2 Å². The summed E-state index contributed by atoms with van der Waals surface area (Å²) >= 11 is 6.95. The number of nitrogens with zero attached hydrogens (tertiary/aromatic N) is 2. The molecule has 1 aromatic rings. The molecular weight excluding hydrogens is 274 g/mol. The quantitative estimate of drug-likeness (QED) is 0.813. The van der Waals surface area contributed by atoms with E-state index in [2.05, 4.69) is 9.69 Å². The molecular formula is C11H14ClN3O2S. The number of hydrogen-bond acceptors (Lipinski definition) is 6. The van der Waals surface area contributed by atoms with Crippen LogP contribution in [0.5, 0.6) is 0 Å². The van der Waals surface area contributed by atoms with Gasteiger partial charge in [-0.3, -0.25) is 0 Å². The van der Waals surface area contributed by atoms with Crippen LogP contribution in [-0.4, -0.2) is 36.8 Å². The zero-order chi connectivity index (χ0) is 12.8. The van der Waals surface area contributed by atoms with Crippen LogP contribution in [0.3, 0.4) is 0 Å². The minimum atomic E-state index is 0.248. The number of anilines is 1. The fraction of sp³-hybridized carbons (Fsp3) is 0.636. The summed E-state index contributed by atoms with van der Waals surface area (Å²) in [6, 6.07) is 2.02. The van der Waals surface area contributed by atoms with Crippen molar-refractivity contribution in [1.82, 2.24) is 4.37 Å². The summed E-state index contributed by atoms with van der Waals surface area (Å²) in [6.45, 7) is 2.67. The number of nitriles is 1. The Bertz CT molecular complexity index is 426. The maximum absolute atomic E-state index is 8.88. The maximum Gasteiger partial charge on any atom is 0.162 e. The predicted octanol–water partition coefficient (Wildman–Crippen LogP) is 2.28. The Balaban J connectivity index is 1.64. The van der Waals surface area contributed by atoms with E-state index < -0.39 is 0 Å². The van der Waals surface area contributed by atoms with Crippen molar-refractivity contribution >= 4 is 28.1 Å². The molecule has 5 nitrogen and oxygen atoms in total. The van der Waals surface area contributed by atoms with Crippen LogP contribution in [-0.2, 0) is 9.47 Å². The molecule has 1 atom stereocenters. The smallest absolute Gasteiger partial charge is 0.162 e. The second-order valence-electron chi connectivity index (χ2n) is 3.93. The van der Waals surface area contributed by atoms with Gasteiger partial charge in [-0.2, -0.15) is 9.64 Å². The van der Waals surface area contributed by atoms with Gasteiger partial charge in [-0.05, 0) is 24.4 Å². The molecule has 2 rings (SSSR count). The van der Waals surface area contributed by atoms with E-state index in [4.69, 9.17) is 26.3 Å². The summed E-state index contributed by atoms with van der Waals surface area (Å²) in [5, 5.41) is 12.9. The molecule has 0 aliphatic carbocycles. The van der Waals surface area contributed by atoms with E-state index in [0.29, 0.717) is 30.3 Å². The molecule has 1 aliphatic rings. The number of nitrogens with one attached hydrogen (secondary N) is 1. The Morgan fingerprint density at radius 1 is 1.67 bits per heavy atom. The molecule has 1 aromatic heterocycles. The van der Waals surface area contributed by atoms with E-state index in [-0.39, 0.29) is 11.3 Å². The molecule has 98 valence electrons. The van der Waals surface area contributed by atoms with E-state index >= 15 is 0 Å². The van der Waals surface area contributed by atoms with Gasteiger partial charge in [0.25, 0.3) is 0 Å². The molecule has 0 bridgehead atoms. The average molecular weight is 288 g/mol. The van der Waals surface area contributed by atoms with Crippen molar-refractivity contribution in [2.24, 2.45) is 0 Å². The lowest BCUT2D eigenvalue weighted by Gasteiger charge is -2.10. The number of halogens is 1. The number of hydrogen-bond donors (Lipinski definition) is 1. The van der Waals surface area contributed by atoms with Crippen LogP contribution in [0.15, 0.2) is 0 Å². The third kappa shape index (κ3) is 3.56. The monoisotopic (exact) mass is 287 g/mol. The zero-order valence-electron chi connectivity index (χ0n) is 9.82. The summed E-state index contributed by atoms with van der Waals surface area (Å²) < 4.78 is 14.9. The van der Waals surface area contributed by atoms with E-state index in [1.165, 1.54) is 11.5 Å². The van der Waals surface area contributed by atoms with Gasteiger partial charge in [0.05, 0.1) is 19.3 Å². The normalized spacial score (nSPS) is 18.8. The van der Waals surface area contributed by atoms with Gasteiger partial charge in [-0.25, -0.2) is 0 Å². The van der Waals surface area contributed by atoms with E-state index in [1.807, 2.05) is 6.07 Å². The van der Waals surface area contributed by atoms with Crippen molar-refractivity contribution in [1.29, 1.82) is 5.26 Å². The molecule has 0 spiro atoms. The van der Waals surface area contributed by atoms with Crippen LogP contribution in [0.4, 0.5) is 5.00 Å². The standard InChI is InChI=1S/C11H14ClN3O2S/c12-10-9(6-13)11(18-15-10)14-3-5-16-7-8-2-1-4-17-8/h8,14H,1-5,7H2. The van der Waals surface area contributed by atoms with Crippen LogP contribution >= 0.6 is 23.1 Å². The van der Waals surface area contributed by atoms with Crippen molar-refractivity contribution in [2.45, 2.75) is 18.9 Å². The second-order valence-corrected chi connectivity index (χ2v) is 5.06. The zero-order valence-corrected chi connectivity index (χ0v) is 11.4. The molecule has 0 saturated carbocycles. The highest BCUT2D eigenvalue weighted by atomic mass is 35.5. The largest absolute Gasteiger partial charge is 0.377 e. The summed E-state index contributed by atoms with van der Waals surface area (Å²) in [7, 11) is 0. The first-order valence-corrected chi connectivity index (χ1v) is 6.95. The molecule has 7 heteroatoms. The Labute approximate surface area is 115 Å². The van der Waals surface area contributed by atoms with Gasteiger partial charge in [-0.1, -0.05) is 11.6 Å². The van der Waals surface area contributed by atoms with Gasteiger partial charge < -0.3 is 14.8 Å².